The van der Waals surface area contributed by atoms with Crippen molar-refractivity contribution in [3.05, 3.63) is 48.0 Å². The van der Waals surface area contributed by atoms with Crippen molar-refractivity contribution in [3.8, 4) is 0 Å². The molecule has 7 nitrogen and oxygen atoms in total. The molecule has 9 heteroatoms. The Bertz CT molecular complexity index is 854. The number of imide groups is 1. The Morgan fingerprint density at radius 1 is 1.23 bits per heavy atom. The molecule has 3 amide bonds. The molecule has 1 aromatic rings. The number of nitrogens with zero attached hydrogens (tertiary/aromatic N) is 3. The second kappa shape index (κ2) is 11.4. The molecular weight excluding hydrogens is 434 g/mol. The monoisotopic (exact) mass is 463 g/mol. The molecule has 0 saturated carbocycles. The Labute approximate surface area is 192 Å². The van der Waals surface area contributed by atoms with Crippen LogP contribution in [0.25, 0.3) is 0 Å². The quantitative estimate of drug-likeness (QED) is 0.263. The van der Waals surface area contributed by atoms with E-state index in [4.69, 9.17) is 4.74 Å². The van der Waals surface area contributed by atoms with E-state index in [1.54, 1.807) is 18.9 Å². The van der Waals surface area contributed by atoms with Gasteiger partial charge in [0.2, 0.25) is 0 Å². The lowest BCUT2D eigenvalue weighted by Crippen LogP contribution is -2.42. The fraction of sp³-hybridized carbons (Fsp3) is 0.455. The standard InChI is InChI=1S/C22H29N3O4S2/c1-7-29-20(27)14(2)13-17(23-21(30-5)31-6)19(26)25-18(15(3)24(4)22(25)28)16-11-9-8-10-12-16/h8-12,15,17-18H,2,7,13H2,1,3-6H3/t15-,17-,18-/m0/s1. The number of benzene rings is 1. The number of hydrogen-bond acceptors (Lipinski definition) is 7. The second-order valence-corrected chi connectivity index (χ2v) is 8.89. The first-order chi connectivity index (χ1) is 14.8. The summed E-state index contributed by atoms with van der Waals surface area (Å²) in [5.41, 5.74) is 1.01. The van der Waals surface area contributed by atoms with Crippen molar-refractivity contribution >= 4 is 45.8 Å². The Hall–Kier alpha value is -2.26. The highest BCUT2D eigenvalue weighted by atomic mass is 32.2. The molecule has 0 aromatic heterocycles. The first kappa shape index (κ1) is 25.0. The van der Waals surface area contributed by atoms with Gasteiger partial charge in [-0.05, 0) is 31.9 Å². The van der Waals surface area contributed by atoms with Gasteiger partial charge in [0.1, 0.15) is 10.4 Å². The van der Waals surface area contributed by atoms with Crippen LogP contribution in [0.3, 0.4) is 0 Å². The number of aliphatic imine (C=N–C) groups is 1. The third-order valence-corrected chi connectivity index (χ3v) is 7.04. The molecule has 2 rings (SSSR count). The molecule has 0 aliphatic carbocycles. The summed E-state index contributed by atoms with van der Waals surface area (Å²) in [6.45, 7) is 7.61. The largest absolute Gasteiger partial charge is 0.463 e. The van der Waals surface area contributed by atoms with Crippen molar-refractivity contribution in [2.24, 2.45) is 4.99 Å². The van der Waals surface area contributed by atoms with Crippen molar-refractivity contribution in [3.63, 3.8) is 0 Å². The van der Waals surface area contributed by atoms with Crippen molar-refractivity contribution in [1.29, 1.82) is 0 Å². The second-order valence-electron chi connectivity index (χ2n) is 7.05. The summed E-state index contributed by atoms with van der Waals surface area (Å²) in [5, 5.41) is 0. The highest BCUT2D eigenvalue weighted by Gasteiger charge is 2.47. The molecule has 31 heavy (non-hydrogen) atoms. The first-order valence-corrected chi connectivity index (χ1v) is 12.4. The molecule has 0 spiro atoms. The SMILES string of the molecule is C=C(C[C@H](N=C(SC)SC)C(=O)N1C(=O)N(C)[C@@H](C)[C@H]1c1ccccc1)C(=O)OCC. The molecule has 0 N–H and O–H groups in total. The molecule has 1 heterocycles. The fourth-order valence-corrected chi connectivity index (χ4v) is 4.55. The number of urea groups is 1. The highest BCUT2D eigenvalue weighted by Crippen LogP contribution is 2.35. The van der Waals surface area contributed by atoms with E-state index in [-0.39, 0.29) is 30.7 Å². The zero-order valence-electron chi connectivity index (χ0n) is 18.5. The lowest BCUT2D eigenvalue weighted by atomic mass is 9.99. The predicted octanol–water partition coefficient (Wildman–Crippen LogP) is 3.97. The molecule has 1 aromatic carbocycles. The minimum atomic E-state index is -0.958. The van der Waals surface area contributed by atoms with Crippen LogP contribution in [0.2, 0.25) is 0 Å². The van der Waals surface area contributed by atoms with Crippen LogP contribution in [-0.2, 0) is 14.3 Å². The number of carbonyl (C=O) groups is 3. The van der Waals surface area contributed by atoms with Gasteiger partial charge < -0.3 is 9.64 Å². The molecule has 1 aliphatic rings. The topological polar surface area (TPSA) is 79.3 Å². The van der Waals surface area contributed by atoms with Crippen molar-refractivity contribution in [2.75, 3.05) is 26.2 Å². The average molecular weight is 464 g/mol. The van der Waals surface area contributed by atoms with Crippen LogP contribution in [0.4, 0.5) is 4.79 Å². The van der Waals surface area contributed by atoms with Gasteiger partial charge in [0, 0.05) is 19.0 Å². The summed E-state index contributed by atoms with van der Waals surface area (Å²) in [4.78, 5) is 46.2. The molecule has 1 saturated heterocycles. The van der Waals surface area contributed by atoms with E-state index in [1.807, 2.05) is 49.8 Å². The summed E-state index contributed by atoms with van der Waals surface area (Å²) in [7, 11) is 1.68. The Morgan fingerprint density at radius 3 is 2.39 bits per heavy atom. The minimum absolute atomic E-state index is 0.0222. The predicted molar refractivity (Wildman–Crippen MR) is 127 cm³/mol. The van der Waals surface area contributed by atoms with Crippen LogP contribution < -0.4 is 0 Å². The van der Waals surface area contributed by atoms with Crippen molar-refractivity contribution in [2.45, 2.75) is 38.4 Å². The maximum absolute atomic E-state index is 13.7. The zero-order chi connectivity index (χ0) is 23.1. The van der Waals surface area contributed by atoms with E-state index >= 15 is 0 Å². The smallest absolute Gasteiger partial charge is 0.333 e. The first-order valence-electron chi connectivity index (χ1n) is 9.92. The van der Waals surface area contributed by atoms with E-state index in [0.29, 0.717) is 4.38 Å². The Balaban J connectivity index is 2.44. The van der Waals surface area contributed by atoms with Gasteiger partial charge in [0.05, 0.1) is 18.7 Å². The molecule has 0 bridgehead atoms. The molecular formula is C22H29N3O4S2. The van der Waals surface area contributed by atoms with E-state index in [0.717, 1.165) is 5.56 Å². The number of ether oxygens (including phenoxy) is 1. The van der Waals surface area contributed by atoms with Crippen LogP contribution in [0, 0.1) is 0 Å². The van der Waals surface area contributed by atoms with Gasteiger partial charge in [-0.25, -0.2) is 9.59 Å². The van der Waals surface area contributed by atoms with Crippen LogP contribution in [0.1, 0.15) is 31.9 Å². The molecule has 1 aliphatic heterocycles. The number of hydrogen-bond donors (Lipinski definition) is 0. The molecule has 3 atom stereocenters. The minimum Gasteiger partial charge on any atom is -0.463 e. The lowest BCUT2D eigenvalue weighted by Gasteiger charge is -2.27. The summed E-state index contributed by atoms with van der Waals surface area (Å²) in [6, 6.07) is 7.45. The zero-order valence-corrected chi connectivity index (χ0v) is 20.2. The van der Waals surface area contributed by atoms with Crippen LogP contribution >= 0.6 is 23.5 Å². The van der Waals surface area contributed by atoms with Gasteiger partial charge in [-0.3, -0.25) is 14.7 Å². The Kier molecular flexibility index (Phi) is 9.18. The van der Waals surface area contributed by atoms with E-state index in [9.17, 15) is 14.4 Å². The number of rotatable bonds is 7. The number of amides is 3. The van der Waals surface area contributed by atoms with Gasteiger partial charge in [-0.15, -0.1) is 23.5 Å². The summed E-state index contributed by atoms with van der Waals surface area (Å²) < 4.78 is 5.70. The van der Waals surface area contributed by atoms with E-state index in [1.165, 1.54) is 28.4 Å². The van der Waals surface area contributed by atoms with Crippen LogP contribution in [0.5, 0.6) is 0 Å². The van der Waals surface area contributed by atoms with Gasteiger partial charge in [-0.1, -0.05) is 36.9 Å². The number of thioether (sulfide) groups is 2. The fourth-order valence-electron chi connectivity index (χ4n) is 3.41. The van der Waals surface area contributed by atoms with Gasteiger partial charge >= 0.3 is 12.0 Å². The average Bonchev–Trinajstić information content (AvgIpc) is 3.00. The van der Waals surface area contributed by atoms with Crippen LogP contribution in [-0.4, -0.2) is 70.3 Å². The molecule has 0 radical (unpaired) electrons. The van der Waals surface area contributed by atoms with Crippen molar-refractivity contribution in [1.82, 2.24) is 9.80 Å². The highest BCUT2D eigenvalue weighted by molar-refractivity contribution is 8.38. The van der Waals surface area contributed by atoms with Crippen LogP contribution in [0.15, 0.2) is 47.5 Å². The van der Waals surface area contributed by atoms with Gasteiger partial charge in [0.15, 0.2) is 0 Å². The number of carbonyl (C=O) groups excluding carboxylic acids is 3. The third kappa shape index (κ3) is 5.71. The van der Waals surface area contributed by atoms with Crippen molar-refractivity contribution < 1.29 is 19.1 Å². The summed E-state index contributed by atoms with van der Waals surface area (Å²) >= 11 is 2.81. The molecule has 168 valence electrons. The maximum atomic E-state index is 13.7. The molecule has 0 unspecified atom stereocenters. The van der Waals surface area contributed by atoms with E-state index < -0.39 is 24.0 Å². The Morgan fingerprint density at radius 2 is 1.84 bits per heavy atom. The van der Waals surface area contributed by atoms with Gasteiger partial charge in [-0.2, -0.15) is 0 Å². The number of esters is 1. The van der Waals surface area contributed by atoms with E-state index in [2.05, 4.69) is 11.6 Å². The summed E-state index contributed by atoms with van der Waals surface area (Å²) in [6.07, 6.45) is 3.70. The summed E-state index contributed by atoms with van der Waals surface area (Å²) in [5.74, 6) is -1.02. The number of likely N-dealkylation sites (N-methyl/N-ethyl adjacent to an activating group) is 1. The lowest BCUT2D eigenvalue weighted by molar-refractivity contribution is -0.138. The normalized spacial score (nSPS) is 19.2. The van der Waals surface area contributed by atoms with Gasteiger partial charge in [0.25, 0.3) is 5.91 Å². The molecule has 1 fully saturated rings. The third-order valence-electron chi connectivity index (χ3n) is 5.13. The maximum Gasteiger partial charge on any atom is 0.333 e.